The summed E-state index contributed by atoms with van der Waals surface area (Å²) in [4.78, 5) is 12.4. The molecule has 0 saturated carbocycles. The molecule has 0 radical (unpaired) electrons. The first-order chi connectivity index (χ1) is 16.3. The molecule has 1 heterocycles. The Balaban J connectivity index is 1.77. The highest BCUT2D eigenvalue weighted by Gasteiger charge is 2.32. The quantitative estimate of drug-likeness (QED) is 0.382. The molecule has 0 aliphatic rings. The first-order valence-corrected chi connectivity index (χ1v) is 12.3. The minimum Gasteiger partial charge on any atom is -0.318 e. The van der Waals surface area contributed by atoms with Crippen molar-refractivity contribution in [3.63, 3.8) is 0 Å². The van der Waals surface area contributed by atoms with Gasteiger partial charge in [-0.1, -0.05) is 18.2 Å². The summed E-state index contributed by atoms with van der Waals surface area (Å²) in [6.07, 6.45) is -2.41. The number of carbonyl (C=O) groups excluding carboxylic acids is 1. The molecule has 0 spiro atoms. The first-order valence-electron chi connectivity index (χ1n) is 10.5. The molecule has 0 fully saturated rings. The number of aromatic nitrogens is 1. The Labute approximate surface area is 201 Å². The maximum Gasteiger partial charge on any atom is 0.416 e. The minimum absolute atomic E-state index is 0.275. The number of hydrogen-bond acceptors (Lipinski definition) is 4. The standard InChI is InChI=1S/C24H25F3N4O3S/c1-16-7-5-10-22(11-16)31-17(2)12-19(18(31)3)14-28-29-23(32)15-30(35(4,33)34)21-9-6-8-20(13-21)24(25,26)27/h5-14H,15H2,1-4H3,(H,29,32)/b28-14+. The Morgan fingerprint density at radius 1 is 1.09 bits per heavy atom. The molecule has 0 aliphatic carbocycles. The van der Waals surface area contributed by atoms with Crippen LogP contribution < -0.4 is 9.73 Å². The smallest absolute Gasteiger partial charge is 0.318 e. The van der Waals surface area contributed by atoms with Gasteiger partial charge in [0.15, 0.2) is 0 Å². The third kappa shape index (κ3) is 6.30. The second-order valence-electron chi connectivity index (χ2n) is 8.11. The van der Waals surface area contributed by atoms with Crippen molar-refractivity contribution in [3.8, 4) is 5.69 Å². The number of benzene rings is 2. The largest absolute Gasteiger partial charge is 0.416 e. The monoisotopic (exact) mass is 506 g/mol. The lowest BCUT2D eigenvalue weighted by molar-refractivity contribution is -0.137. The van der Waals surface area contributed by atoms with E-state index in [0.717, 1.165) is 46.6 Å². The zero-order chi connectivity index (χ0) is 26.0. The zero-order valence-corrected chi connectivity index (χ0v) is 20.4. The molecule has 0 atom stereocenters. The van der Waals surface area contributed by atoms with Crippen LogP contribution in [0.5, 0.6) is 0 Å². The van der Waals surface area contributed by atoms with E-state index >= 15 is 0 Å². The van der Waals surface area contributed by atoms with Crippen molar-refractivity contribution in [2.45, 2.75) is 26.9 Å². The number of alkyl halides is 3. The van der Waals surface area contributed by atoms with E-state index in [-0.39, 0.29) is 5.69 Å². The van der Waals surface area contributed by atoms with E-state index in [1.165, 1.54) is 12.3 Å². The number of hydrogen-bond donors (Lipinski definition) is 1. The van der Waals surface area contributed by atoms with Crippen LogP contribution >= 0.6 is 0 Å². The molecule has 3 rings (SSSR count). The summed E-state index contributed by atoms with van der Waals surface area (Å²) < 4.78 is 66.1. The number of anilines is 1. The average Bonchev–Trinajstić information content (AvgIpc) is 3.03. The van der Waals surface area contributed by atoms with Gasteiger partial charge >= 0.3 is 6.18 Å². The van der Waals surface area contributed by atoms with E-state index < -0.39 is 34.2 Å². The summed E-state index contributed by atoms with van der Waals surface area (Å²) >= 11 is 0. The second kappa shape index (κ2) is 9.95. The number of nitrogens with one attached hydrogen (secondary N) is 1. The lowest BCUT2D eigenvalue weighted by atomic mass is 10.2. The predicted molar refractivity (Wildman–Crippen MR) is 129 cm³/mol. The number of halogens is 3. The normalized spacial score (nSPS) is 12.2. The summed E-state index contributed by atoms with van der Waals surface area (Å²) in [6.45, 7) is 5.09. The Morgan fingerprint density at radius 3 is 2.40 bits per heavy atom. The number of amides is 1. The predicted octanol–water partition coefficient (Wildman–Crippen LogP) is 4.34. The Hall–Kier alpha value is -3.60. The van der Waals surface area contributed by atoms with E-state index in [0.29, 0.717) is 10.4 Å². The Bertz CT molecular complexity index is 1380. The Morgan fingerprint density at radius 2 is 1.77 bits per heavy atom. The molecule has 11 heteroatoms. The summed E-state index contributed by atoms with van der Waals surface area (Å²) in [5.41, 5.74) is 5.61. The lowest BCUT2D eigenvalue weighted by Gasteiger charge is -2.22. The van der Waals surface area contributed by atoms with Crippen LogP contribution in [0.2, 0.25) is 0 Å². The SMILES string of the molecule is Cc1cccc(-n2c(C)cc(/C=N/NC(=O)CN(c3cccc(C(F)(F)F)c3)S(C)(=O)=O)c2C)c1. The van der Waals surface area contributed by atoms with Crippen molar-refractivity contribution in [1.29, 1.82) is 0 Å². The molecule has 186 valence electrons. The molecule has 2 aromatic carbocycles. The number of rotatable bonds is 7. The van der Waals surface area contributed by atoms with Gasteiger partial charge in [0, 0.05) is 22.6 Å². The summed E-state index contributed by atoms with van der Waals surface area (Å²) in [6, 6.07) is 13.6. The van der Waals surface area contributed by atoms with Gasteiger partial charge in [-0.3, -0.25) is 9.10 Å². The molecular weight excluding hydrogens is 481 g/mol. The van der Waals surface area contributed by atoms with Crippen molar-refractivity contribution < 1.29 is 26.4 Å². The molecule has 0 bridgehead atoms. The molecular formula is C24H25F3N4O3S. The van der Waals surface area contributed by atoms with Crippen molar-refractivity contribution in [3.05, 3.63) is 82.7 Å². The second-order valence-corrected chi connectivity index (χ2v) is 10.0. The third-order valence-corrected chi connectivity index (χ3v) is 6.41. The van der Waals surface area contributed by atoms with Crippen molar-refractivity contribution in [1.82, 2.24) is 9.99 Å². The first kappa shape index (κ1) is 26.0. The fourth-order valence-corrected chi connectivity index (χ4v) is 4.51. The summed E-state index contributed by atoms with van der Waals surface area (Å²) in [5, 5.41) is 3.91. The van der Waals surface area contributed by atoms with Gasteiger partial charge in [-0.25, -0.2) is 13.8 Å². The molecule has 7 nitrogen and oxygen atoms in total. The van der Waals surface area contributed by atoms with E-state index in [4.69, 9.17) is 0 Å². The number of sulfonamides is 1. The van der Waals surface area contributed by atoms with E-state index in [1.54, 1.807) is 0 Å². The summed E-state index contributed by atoms with van der Waals surface area (Å²) in [5.74, 6) is -0.809. The highest BCUT2D eigenvalue weighted by Crippen LogP contribution is 2.32. The van der Waals surface area contributed by atoms with Crippen LogP contribution in [0.4, 0.5) is 18.9 Å². The average molecular weight is 507 g/mol. The fraction of sp³-hybridized carbons (Fsp3) is 0.250. The molecule has 35 heavy (non-hydrogen) atoms. The van der Waals surface area contributed by atoms with Gasteiger partial charge in [0.05, 0.1) is 23.7 Å². The van der Waals surface area contributed by atoms with Gasteiger partial charge < -0.3 is 4.57 Å². The van der Waals surface area contributed by atoms with Crippen LogP contribution in [0, 0.1) is 20.8 Å². The van der Waals surface area contributed by atoms with Crippen LogP contribution in [0.15, 0.2) is 59.7 Å². The van der Waals surface area contributed by atoms with Crippen molar-refractivity contribution in [2.24, 2.45) is 5.10 Å². The molecule has 0 unspecified atom stereocenters. The zero-order valence-electron chi connectivity index (χ0n) is 19.6. The van der Waals surface area contributed by atoms with Crippen LogP contribution in [-0.2, 0) is 21.0 Å². The molecule has 1 amide bonds. The molecule has 0 saturated heterocycles. The number of carbonyl (C=O) groups is 1. The van der Waals surface area contributed by atoms with Crippen molar-refractivity contribution >= 4 is 27.8 Å². The fourth-order valence-electron chi connectivity index (χ4n) is 3.66. The maximum absolute atomic E-state index is 13.0. The Kier molecular flexibility index (Phi) is 7.39. The van der Waals surface area contributed by atoms with E-state index in [2.05, 4.69) is 10.5 Å². The van der Waals surface area contributed by atoms with Gasteiger partial charge in [-0.2, -0.15) is 18.3 Å². The number of aryl methyl sites for hydroxylation is 2. The number of nitrogens with zero attached hydrogens (tertiary/aromatic N) is 3. The van der Waals surface area contributed by atoms with Crippen LogP contribution in [-0.4, -0.2) is 37.9 Å². The van der Waals surface area contributed by atoms with Gasteiger partial charge in [-0.05, 0) is 62.7 Å². The van der Waals surface area contributed by atoms with Gasteiger partial charge in [0.25, 0.3) is 5.91 Å². The van der Waals surface area contributed by atoms with Gasteiger partial charge in [0.1, 0.15) is 6.54 Å². The molecule has 0 aliphatic heterocycles. The number of hydrazone groups is 1. The van der Waals surface area contributed by atoms with Crippen LogP contribution in [0.25, 0.3) is 5.69 Å². The molecule has 3 aromatic rings. The topological polar surface area (TPSA) is 83.8 Å². The highest BCUT2D eigenvalue weighted by molar-refractivity contribution is 7.92. The molecule has 1 N–H and O–H groups in total. The molecule has 1 aromatic heterocycles. The van der Waals surface area contributed by atoms with Gasteiger partial charge in [0.2, 0.25) is 10.0 Å². The maximum atomic E-state index is 13.0. The van der Waals surface area contributed by atoms with Crippen LogP contribution in [0.1, 0.15) is 28.1 Å². The highest BCUT2D eigenvalue weighted by atomic mass is 32.2. The van der Waals surface area contributed by atoms with Gasteiger partial charge in [-0.15, -0.1) is 0 Å². The van der Waals surface area contributed by atoms with E-state index in [1.807, 2.05) is 55.7 Å². The third-order valence-electron chi connectivity index (χ3n) is 5.27. The minimum atomic E-state index is -4.66. The lowest BCUT2D eigenvalue weighted by Crippen LogP contribution is -2.39. The van der Waals surface area contributed by atoms with E-state index in [9.17, 15) is 26.4 Å². The summed E-state index contributed by atoms with van der Waals surface area (Å²) in [7, 11) is -4.05. The van der Waals surface area contributed by atoms with Crippen molar-refractivity contribution in [2.75, 3.05) is 17.1 Å². The van der Waals surface area contributed by atoms with Crippen LogP contribution in [0.3, 0.4) is 0 Å².